The fourth-order valence-corrected chi connectivity index (χ4v) is 11.6. The molecule has 0 fully saturated rings. The highest BCUT2D eigenvalue weighted by Gasteiger charge is 2.44. The van der Waals surface area contributed by atoms with E-state index in [4.69, 9.17) is 36.0 Å². The zero-order valence-corrected chi connectivity index (χ0v) is 37.8. The summed E-state index contributed by atoms with van der Waals surface area (Å²) in [6.07, 6.45) is 8.82. The van der Waals surface area contributed by atoms with E-state index in [0.717, 1.165) is 93.8 Å². The molecule has 3 aromatic carbocycles. The fourth-order valence-electron chi connectivity index (χ4n) is 6.64. The lowest BCUT2D eigenvalue weighted by Crippen LogP contribution is -2.56. The average molecular weight is 807 g/mol. The van der Waals surface area contributed by atoms with Crippen molar-refractivity contribution in [3.8, 4) is 11.5 Å². The molecule has 3 rings (SSSR count). The van der Waals surface area contributed by atoms with Gasteiger partial charge in [-0.3, -0.25) is 0 Å². The Morgan fingerprint density at radius 2 is 0.732 bits per heavy atom. The largest absolute Gasteiger partial charge is 0.537 e. The van der Waals surface area contributed by atoms with Crippen LogP contribution in [0.15, 0.2) is 73.8 Å². The molecule has 0 atom stereocenters. The molecule has 0 heterocycles. The van der Waals surface area contributed by atoms with Crippen molar-refractivity contribution in [3.63, 3.8) is 0 Å². The van der Waals surface area contributed by atoms with Gasteiger partial charge in [-0.25, -0.2) is 0 Å². The first kappa shape index (κ1) is 47.3. The van der Waals surface area contributed by atoms with Crippen LogP contribution in [0, 0.1) is 0 Å². The van der Waals surface area contributed by atoms with Crippen LogP contribution in [-0.2, 0) is 26.6 Å². The first-order valence-corrected chi connectivity index (χ1v) is 24.6. The van der Waals surface area contributed by atoms with Crippen molar-refractivity contribution in [1.82, 2.24) is 0 Å². The molecule has 0 aromatic heterocycles. The highest BCUT2D eigenvalue weighted by molar-refractivity contribution is 6.75. The predicted molar refractivity (Wildman–Crippen MR) is 235 cm³/mol. The molecule has 0 aliphatic heterocycles. The van der Waals surface area contributed by atoms with E-state index in [1.165, 1.54) is 12.8 Å². The van der Waals surface area contributed by atoms with E-state index in [1.807, 2.05) is 65.8 Å². The van der Waals surface area contributed by atoms with E-state index in [9.17, 15) is 0 Å². The standard InChI is InChI=1S/C46H70O8Si2/c1-11-19-21-23-33-47-45-35-44(38(10)40-27-31-42(32-28-40)56(52-16-6,53-17-7)54-18-8)46(48-34-24-22-20-12-2)36-43(45)37(9)39-25-29-41(30-26-39)55(49-13-3,50-14-4)51-15-5/h25-32,35-36H,9-24,33-34H2,1-8H3. The zero-order chi connectivity index (χ0) is 40.8. The van der Waals surface area contributed by atoms with Gasteiger partial charge in [0.2, 0.25) is 0 Å². The summed E-state index contributed by atoms with van der Waals surface area (Å²) in [5, 5.41) is 1.84. The van der Waals surface area contributed by atoms with Crippen molar-refractivity contribution in [3.05, 3.63) is 96.1 Å². The number of benzene rings is 3. The topological polar surface area (TPSA) is 73.8 Å². The summed E-state index contributed by atoms with van der Waals surface area (Å²) in [7, 11) is -6.13. The second-order valence-corrected chi connectivity index (χ2v) is 18.6. The Balaban J connectivity index is 2.13. The molecule has 0 saturated heterocycles. The van der Waals surface area contributed by atoms with Crippen molar-refractivity contribution >= 4 is 39.1 Å². The van der Waals surface area contributed by atoms with Crippen molar-refractivity contribution in [2.45, 2.75) is 107 Å². The van der Waals surface area contributed by atoms with Gasteiger partial charge < -0.3 is 36.0 Å². The Hall–Kier alpha value is -3.07. The highest BCUT2D eigenvalue weighted by Crippen LogP contribution is 2.40. The molecule has 0 bridgehead atoms. The maximum atomic E-state index is 6.63. The molecular formula is C46H70O8Si2. The molecule has 0 radical (unpaired) electrons. The summed E-state index contributed by atoms with van der Waals surface area (Å²) in [5.41, 5.74) is 5.34. The molecule has 0 amide bonds. The third kappa shape index (κ3) is 13.0. The molecule has 0 aliphatic rings. The van der Waals surface area contributed by atoms with Crippen LogP contribution >= 0.6 is 0 Å². The predicted octanol–water partition coefficient (Wildman–Crippen LogP) is 10.2. The molecule has 310 valence electrons. The van der Waals surface area contributed by atoms with E-state index >= 15 is 0 Å². The van der Waals surface area contributed by atoms with Gasteiger partial charge in [-0.15, -0.1) is 0 Å². The third-order valence-electron chi connectivity index (χ3n) is 9.42. The molecule has 0 saturated carbocycles. The van der Waals surface area contributed by atoms with Crippen LogP contribution in [-0.4, -0.2) is 70.5 Å². The van der Waals surface area contributed by atoms with Crippen molar-refractivity contribution in [2.24, 2.45) is 0 Å². The molecule has 10 heteroatoms. The van der Waals surface area contributed by atoms with Gasteiger partial charge in [-0.2, -0.15) is 0 Å². The van der Waals surface area contributed by atoms with Crippen LogP contribution in [0.5, 0.6) is 11.5 Å². The van der Waals surface area contributed by atoms with Crippen molar-refractivity contribution in [1.29, 1.82) is 0 Å². The van der Waals surface area contributed by atoms with E-state index in [1.54, 1.807) is 0 Å². The molecule has 0 unspecified atom stereocenters. The van der Waals surface area contributed by atoms with Crippen LogP contribution in [0.25, 0.3) is 11.1 Å². The molecule has 3 aromatic rings. The number of rotatable bonds is 30. The first-order chi connectivity index (χ1) is 27.2. The molecule has 8 nitrogen and oxygen atoms in total. The summed E-state index contributed by atoms with van der Waals surface area (Å²) in [5.74, 6) is 1.50. The minimum absolute atomic E-state index is 0.499. The van der Waals surface area contributed by atoms with Gasteiger partial charge in [0.15, 0.2) is 0 Å². The van der Waals surface area contributed by atoms with E-state index < -0.39 is 17.6 Å². The summed E-state index contributed by atoms with van der Waals surface area (Å²) in [6.45, 7) is 29.7. The summed E-state index contributed by atoms with van der Waals surface area (Å²) < 4.78 is 50.4. The maximum absolute atomic E-state index is 6.63. The Labute approximate surface area is 341 Å². The Morgan fingerprint density at radius 1 is 0.429 bits per heavy atom. The lowest BCUT2D eigenvalue weighted by atomic mass is 9.93. The zero-order valence-electron chi connectivity index (χ0n) is 35.8. The minimum atomic E-state index is -3.06. The van der Waals surface area contributed by atoms with Crippen LogP contribution in [0.1, 0.15) is 129 Å². The number of unbranched alkanes of at least 4 members (excludes halogenated alkanes) is 6. The van der Waals surface area contributed by atoms with Crippen LogP contribution in [0.4, 0.5) is 0 Å². The monoisotopic (exact) mass is 806 g/mol. The first-order valence-electron chi connectivity index (χ1n) is 21.1. The van der Waals surface area contributed by atoms with Gasteiger partial charge in [0.25, 0.3) is 0 Å². The molecule has 56 heavy (non-hydrogen) atoms. The second-order valence-electron chi connectivity index (χ2n) is 13.5. The molecule has 0 spiro atoms. The maximum Gasteiger partial charge on any atom is 0.537 e. The third-order valence-corrected chi connectivity index (χ3v) is 15.5. The van der Waals surface area contributed by atoms with E-state index in [0.29, 0.717) is 52.9 Å². The Bertz CT molecular complexity index is 1440. The summed E-state index contributed by atoms with van der Waals surface area (Å²) in [4.78, 5) is 0. The normalized spacial score (nSPS) is 11.9. The van der Waals surface area contributed by atoms with Crippen LogP contribution in [0.3, 0.4) is 0 Å². The van der Waals surface area contributed by atoms with Gasteiger partial charge in [0, 0.05) is 61.1 Å². The van der Waals surface area contributed by atoms with Gasteiger partial charge in [0.1, 0.15) is 11.5 Å². The Kier molecular flexibility index (Phi) is 21.4. The van der Waals surface area contributed by atoms with Crippen LogP contribution in [0.2, 0.25) is 0 Å². The SMILES string of the molecule is C=C(c1ccc([Si](OCC)(OCC)OCC)cc1)c1cc(OCCCCCC)c(C(=C)c2ccc([Si](OCC)(OCC)OCC)cc2)cc1OCCCCCC. The smallest absolute Gasteiger partial charge is 0.493 e. The summed E-state index contributed by atoms with van der Waals surface area (Å²) >= 11 is 0. The van der Waals surface area contributed by atoms with Gasteiger partial charge in [-0.1, -0.05) is 114 Å². The lowest BCUT2D eigenvalue weighted by Gasteiger charge is -2.29. The summed E-state index contributed by atoms with van der Waals surface area (Å²) in [6, 6.07) is 20.6. The second kappa shape index (κ2) is 25.3. The van der Waals surface area contributed by atoms with Gasteiger partial charge >= 0.3 is 17.6 Å². The quantitative estimate of drug-likeness (QED) is 0.0487. The van der Waals surface area contributed by atoms with Gasteiger partial charge in [-0.05, 0) is 88.8 Å². The fraction of sp³-hybridized carbons (Fsp3) is 0.522. The van der Waals surface area contributed by atoms with Crippen LogP contribution < -0.4 is 19.8 Å². The highest BCUT2D eigenvalue weighted by atomic mass is 28.4. The number of hydrogen-bond acceptors (Lipinski definition) is 8. The van der Waals surface area contributed by atoms with Gasteiger partial charge in [0.05, 0.1) is 13.2 Å². The van der Waals surface area contributed by atoms with E-state index in [-0.39, 0.29) is 0 Å². The van der Waals surface area contributed by atoms with Crippen molar-refractivity contribution in [2.75, 3.05) is 52.9 Å². The molecule has 0 aliphatic carbocycles. The average Bonchev–Trinajstić information content (AvgIpc) is 3.21. The number of ether oxygens (including phenoxy) is 2. The minimum Gasteiger partial charge on any atom is -0.493 e. The van der Waals surface area contributed by atoms with E-state index in [2.05, 4.69) is 63.4 Å². The Morgan fingerprint density at radius 3 is 1.00 bits per heavy atom. The lowest BCUT2D eigenvalue weighted by molar-refractivity contribution is 0.0851. The molecule has 0 N–H and O–H groups in total. The van der Waals surface area contributed by atoms with Crippen molar-refractivity contribution < 1.29 is 36.0 Å². The molecular weight excluding hydrogens is 737 g/mol. The number of hydrogen-bond donors (Lipinski definition) is 0.